The first-order chi connectivity index (χ1) is 11.6. The van der Waals surface area contributed by atoms with Crippen LogP contribution in [0.5, 0.6) is 0 Å². The van der Waals surface area contributed by atoms with E-state index in [-0.39, 0.29) is 11.7 Å². The maximum absolute atomic E-state index is 12.0. The largest absolute Gasteiger partial charge is 0.416 e. The highest BCUT2D eigenvalue weighted by Gasteiger charge is 2.16. The van der Waals surface area contributed by atoms with Gasteiger partial charge in [-0.2, -0.15) is 0 Å². The number of aromatic nitrogens is 2. The van der Waals surface area contributed by atoms with Gasteiger partial charge in [-0.3, -0.25) is 4.79 Å². The van der Waals surface area contributed by atoms with Crippen molar-refractivity contribution in [3.8, 4) is 0 Å². The number of carbonyl (C=O) groups is 1. The molecule has 1 N–H and O–H groups in total. The SMILES string of the molecule is Cc1nnc(SCC(=O)Nc2ccc(N3CCC(C)CC3)cc2)o1. The maximum Gasteiger partial charge on any atom is 0.277 e. The fourth-order valence-electron chi connectivity index (χ4n) is 2.68. The van der Waals surface area contributed by atoms with Gasteiger partial charge >= 0.3 is 0 Å². The van der Waals surface area contributed by atoms with Gasteiger partial charge in [0.15, 0.2) is 0 Å². The summed E-state index contributed by atoms with van der Waals surface area (Å²) in [5, 5.41) is 10.9. The van der Waals surface area contributed by atoms with Gasteiger partial charge in [0.1, 0.15) is 0 Å². The normalized spacial score (nSPS) is 15.5. The van der Waals surface area contributed by atoms with Crippen LogP contribution in [-0.2, 0) is 4.79 Å². The monoisotopic (exact) mass is 346 g/mol. The number of aryl methyl sites for hydroxylation is 1. The third-order valence-corrected chi connectivity index (χ3v) is 4.95. The van der Waals surface area contributed by atoms with Crippen LogP contribution in [-0.4, -0.2) is 34.9 Å². The third kappa shape index (κ3) is 4.50. The van der Waals surface area contributed by atoms with Crippen LogP contribution in [0.3, 0.4) is 0 Å². The molecule has 128 valence electrons. The van der Waals surface area contributed by atoms with Gasteiger partial charge in [-0.1, -0.05) is 18.7 Å². The molecular formula is C17H22N4O2S. The zero-order valence-corrected chi connectivity index (χ0v) is 14.8. The summed E-state index contributed by atoms with van der Waals surface area (Å²) in [4.78, 5) is 14.4. The molecule has 3 rings (SSSR count). The second-order valence-corrected chi connectivity index (χ2v) is 7.07. The van der Waals surface area contributed by atoms with Gasteiger partial charge in [0.25, 0.3) is 5.22 Å². The fraction of sp³-hybridized carbons (Fsp3) is 0.471. The molecule has 0 bridgehead atoms. The van der Waals surface area contributed by atoms with E-state index in [0.717, 1.165) is 24.7 Å². The number of carbonyl (C=O) groups excluding carboxylic acids is 1. The van der Waals surface area contributed by atoms with Crippen LogP contribution in [0.2, 0.25) is 0 Å². The minimum Gasteiger partial charge on any atom is -0.416 e. The molecule has 0 radical (unpaired) electrons. The Morgan fingerprint density at radius 2 is 2.00 bits per heavy atom. The van der Waals surface area contributed by atoms with E-state index in [4.69, 9.17) is 4.42 Å². The van der Waals surface area contributed by atoms with Crippen molar-refractivity contribution >= 4 is 29.0 Å². The first-order valence-electron chi connectivity index (χ1n) is 8.18. The zero-order chi connectivity index (χ0) is 16.9. The summed E-state index contributed by atoms with van der Waals surface area (Å²) in [5.41, 5.74) is 2.02. The number of hydrogen-bond acceptors (Lipinski definition) is 6. The van der Waals surface area contributed by atoms with Gasteiger partial charge in [0.05, 0.1) is 5.75 Å². The Morgan fingerprint density at radius 1 is 1.29 bits per heavy atom. The van der Waals surface area contributed by atoms with E-state index in [1.54, 1.807) is 6.92 Å². The number of anilines is 2. The lowest BCUT2D eigenvalue weighted by molar-refractivity contribution is -0.113. The molecule has 0 aliphatic carbocycles. The highest BCUT2D eigenvalue weighted by Crippen LogP contribution is 2.24. The van der Waals surface area contributed by atoms with Crippen LogP contribution < -0.4 is 10.2 Å². The lowest BCUT2D eigenvalue weighted by Crippen LogP contribution is -2.32. The van der Waals surface area contributed by atoms with Crippen molar-refractivity contribution in [3.05, 3.63) is 30.2 Å². The van der Waals surface area contributed by atoms with Gasteiger partial charge in [-0.05, 0) is 43.0 Å². The molecule has 1 saturated heterocycles. The minimum absolute atomic E-state index is 0.0876. The number of benzene rings is 1. The summed E-state index contributed by atoms with van der Waals surface area (Å²) in [6.07, 6.45) is 2.48. The molecule has 0 unspecified atom stereocenters. The molecule has 1 fully saturated rings. The smallest absolute Gasteiger partial charge is 0.277 e. The van der Waals surface area contributed by atoms with E-state index >= 15 is 0 Å². The van der Waals surface area contributed by atoms with Crippen molar-refractivity contribution in [2.24, 2.45) is 5.92 Å². The summed E-state index contributed by atoms with van der Waals surface area (Å²) in [5.74, 6) is 1.48. The summed E-state index contributed by atoms with van der Waals surface area (Å²) in [6, 6.07) is 8.04. The molecule has 2 heterocycles. The molecule has 0 spiro atoms. The van der Waals surface area contributed by atoms with Crippen LogP contribution in [0.1, 0.15) is 25.7 Å². The molecular weight excluding hydrogens is 324 g/mol. The second kappa shape index (κ2) is 7.70. The van der Waals surface area contributed by atoms with Crippen molar-refractivity contribution in [3.63, 3.8) is 0 Å². The number of nitrogens with zero attached hydrogens (tertiary/aromatic N) is 3. The molecule has 24 heavy (non-hydrogen) atoms. The average Bonchev–Trinajstić information content (AvgIpc) is 3.00. The highest BCUT2D eigenvalue weighted by atomic mass is 32.2. The van der Waals surface area contributed by atoms with Crippen molar-refractivity contribution < 1.29 is 9.21 Å². The third-order valence-electron chi connectivity index (χ3n) is 4.13. The fourth-order valence-corrected chi connectivity index (χ4v) is 3.29. The molecule has 7 heteroatoms. The molecule has 1 amide bonds. The molecule has 1 aromatic carbocycles. The Hall–Kier alpha value is -2.02. The minimum atomic E-state index is -0.0876. The van der Waals surface area contributed by atoms with Crippen molar-refractivity contribution in [1.29, 1.82) is 0 Å². The molecule has 2 aromatic rings. The summed E-state index contributed by atoms with van der Waals surface area (Å²) in [6.45, 7) is 6.24. The Bertz CT molecular complexity index is 678. The van der Waals surface area contributed by atoms with Gasteiger partial charge in [0.2, 0.25) is 11.8 Å². The standard InChI is InChI=1S/C17H22N4O2S/c1-12-7-9-21(10-8-12)15-5-3-14(4-6-15)18-16(22)11-24-17-20-19-13(2)23-17/h3-6,12H,7-11H2,1-2H3,(H,18,22). The quantitative estimate of drug-likeness (QED) is 0.837. The van der Waals surface area contributed by atoms with E-state index in [2.05, 4.69) is 39.5 Å². The van der Waals surface area contributed by atoms with Crippen LogP contribution in [0.4, 0.5) is 11.4 Å². The van der Waals surface area contributed by atoms with E-state index in [1.165, 1.54) is 30.3 Å². The number of piperidine rings is 1. The van der Waals surface area contributed by atoms with Crippen molar-refractivity contribution in [2.75, 3.05) is 29.1 Å². The van der Waals surface area contributed by atoms with Crippen molar-refractivity contribution in [2.45, 2.75) is 31.9 Å². The Labute approximate surface area is 146 Å². The molecule has 6 nitrogen and oxygen atoms in total. The predicted molar refractivity (Wildman–Crippen MR) is 95.4 cm³/mol. The molecule has 1 aliphatic rings. The lowest BCUT2D eigenvalue weighted by atomic mass is 9.99. The Kier molecular flexibility index (Phi) is 5.40. The maximum atomic E-state index is 12.0. The Morgan fingerprint density at radius 3 is 2.62 bits per heavy atom. The van der Waals surface area contributed by atoms with E-state index in [9.17, 15) is 4.79 Å². The number of amides is 1. The number of hydrogen-bond donors (Lipinski definition) is 1. The van der Waals surface area contributed by atoms with Gasteiger partial charge in [-0.15, -0.1) is 10.2 Å². The highest BCUT2D eigenvalue weighted by molar-refractivity contribution is 7.99. The summed E-state index contributed by atoms with van der Waals surface area (Å²) in [7, 11) is 0. The number of rotatable bonds is 5. The van der Waals surface area contributed by atoms with Crippen LogP contribution >= 0.6 is 11.8 Å². The van der Waals surface area contributed by atoms with E-state index < -0.39 is 0 Å². The molecule has 0 saturated carbocycles. The first kappa shape index (κ1) is 16.8. The van der Waals surface area contributed by atoms with Gasteiger partial charge in [-0.25, -0.2) is 0 Å². The average molecular weight is 346 g/mol. The first-order valence-corrected chi connectivity index (χ1v) is 9.16. The number of thioether (sulfide) groups is 1. The topological polar surface area (TPSA) is 71.3 Å². The summed E-state index contributed by atoms with van der Waals surface area (Å²) < 4.78 is 5.23. The van der Waals surface area contributed by atoms with E-state index in [0.29, 0.717) is 11.1 Å². The predicted octanol–water partition coefficient (Wildman–Crippen LogP) is 3.35. The van der Waals surface area contributed by atoms with Crippen LogP contribution in [0.15, 0.2) is 33.9 Å². The van der Waals surface area contributed by atoms with Crippen LogP contribution in [0.25, 0.3) is 0 Å². The molecule has 0 atom stereocenters. The lowest BCUT2D eigenvalue weighted by Gasteiger charge is -2.32. The Balaban J connectivity index is 1.49. The second-order valence-electron chi connectivity index (χ2n) is 6.14. The van der Waals surface area contributed by atoms with Crippen LogP contribution in [0, 0.1) is 12.8 Å². The molecule has 1 aromatic heterocycles. The van der Waals surface area contributed by atoms with Gasteiger partial charge in [0, 0.05) is 31.4 Å². The van der Waals surface area contributed by atoms with Crippen molar-refractivity contribution in [1.82, 2.24) is 10.2 Å². The molecule has 1 aliphatic heterocycles. The van der Waals surface area contributed by atoms with Gasteiger partial charge < -0.3 is 14.6 Å². The van der Waals surface area contributed by atoms with E-state index in [1.807, 2.05) is 12.1 Å². The summed E-state index contributed by atoms with van der Waals surface area (Å²) >= 11 is 1.23. The zero-order valence-electron chi connectivity index (χ0n) is 14.0. The number of nitrogens with one attached hydrogen (secondary N) is 1.